The molecule has 2 aliphatic rings. The van der Waals surface area contributed by atoms with Crippen molar-refractivity contribution < 1.29 is 28.8 Å². The molecule has 8 heteroatoms. The van der Waals surface area contributed by atoms with Crippen molar-refractivity contribution in [1.29, 1.82) is 0 Å². The number of amides is 2. The highest BCUT2D eigenvalue weighted by molar-refractivity contribution is 6.52. The van der Waals surface area contributed by atoms with Crippen LogP contribution < -0.4 is 15.1 Å². The van der Waals surface area contributed by atoms with Crippen molar-refractivity contribution in [3.63, 3.8) is 0 Å². The molecule has 0 aliphatic carbocycles. The van der Waals surface area contributed by atoms with Crippen LogP contribution in [0.4, 0.5) is 5.69 Å². The number of carbonyl (C=O) groups is 4. The zero-order valence-electron chi connectivity index (χ0n) is 13.9. The highest BCUT2D eigenvalue weighted by atomic mass is 16.5. The van der Waals surface area contributed by atoms with Gasteiger partial charge in [-0.2, -0.15) is 0 Å². The number of anilines is 1. The average Bonchev–Trinajstić information content (AvgIpc) is 2.83. The smallest absolute Gasteiger partial charge is 0.312 e. The van der Waals surface area contributed by atoms with Crippen LogP contribution in [-0.4, -0.2) is 56.0 Å². The molecule has 1 aromatic carbocycles. The quantitative estimate of drug-likeness (QED) is 0.500. The van der Waals surface area contributed by atoms with E-state index >= 15 is 0 Å². The lowest BCUT2D eigenvalue weighted by Gasteiger charge is -2.33. The maximum absolute atomic E-state index is 12.3. The number of fused-ring (bicyclic) bond motifs is 1. The average molecular weight is 346 g/mol. The van der Waals surface area contributed by atoms with Gasteiger partial charge in [0.15, 0.2) is 12.7 Å². The van der Waals surface area contributed by atoms with Gasteiger partial charge in [0, 0.05) is 0 Å². The van der Waals surface area contributed by atoms with Crippen LogP contribution in [0.5, 0.6) is 0 Å². The summed E-state index contributed by atoms with van der Waals surface area (Å²) in [5.74, 6) is -1.85. The molecule has 132 valence electrons. The van der Waals surface area contributed by atoms with Gasteiger partial charge in [-0.25, -0.2) is 0 Å². The number of piperazine rings is 1. The molecule has 2 aliphatic heterocycles. The summed E-state index contributed by atoms with van der Waals surface area (Å²) in [5, 5.41) is 2.74. The largest absolute Gasteiger partial charge is 0.466 e. The highest BCUT2D eigenvalue weighted by Gasteiger charge is 2.42. The Morgan fingerprint density at radius 2 is 2.08 bits per heavy atom. The van der Waals surface area contributed by atoms with E-state index in [1.54, 1.807) is 31.2 Å². The van der Waals surface area contributed by atoms with Crippen LogP contribution in [0.3, 0.4) is 0 Å². The number of rotatable bonds is 5. The number of nitrogens with one attached hydrogen (secondary N) is 2. The van der Waals surface area contributed by atoms with Crippen molar-refractivity contribution in [3.8, 4) is 0 Å². The number of esters is 1. The van der Waals surface area contributed by atoms with Gasteiger partial charge >= 0.3 is 11.9 Å². The van der Waals surface area contributed by atoms with Gasteiger partial charge in [-0.05, 0) is 19.1 Å². The van der Waals surface area contributed by atoms with E-state index in [9.17, 15) is 19.2 Å². The second kappa shape index (κ2) is 7.02. The Balaban J connectivity index is 1.80. The van der Waals surface area contributed by atoms with E-state index in [1.165, 1.54) is 4.90 Å². The Bertz CT molecular complexity index is 733. The van der Waals surface area contributed by atoms with Crippen LogP contribution in [0.1, 0.15) is 23.7 Å². The van der Waals surface area contributed by atoms with E-state index in [1.807, 2.05) is 0 Å². The minimum absolute atomic E-state index is 0.0629. The van der Waals surface area contributed by atoms with Crippen molar-refractivity contribution in [2.45, 2.75) is 19.4 Å². The third-order valence-corrected chi connectivity index (χ3v) is 4.47. The monoisotopic (exact) mass is 346 g/mol. The van der Waals surface area contributed by atoms with Gasteiger partial charge in [-0.1, -0.05) is 12.1 Å². The number of Topliss-reactive ketones (excluding diaryl/α,β-unsaturated/α-hetero) is 1. The molecule has 0 aromatic heterocycles. The van der Waals surface area contributed by atoms with Crippen LogP contribution in [0.2, 0.25) is 0 Å². The second-order valence-corrected chi connectivity index (χ2v) is 6.00. The molecule has 2 atom stereocenters. The van der Waals surface area contributed by atoms with Crippen molar-refractivity contribution in [2.24, 2.45) is 0 Å². The van der Waals surface area contributed by atoms with E-state index in [0.717, 1.165) is 4.90 Å². The Morgan fingerprint density at radius 1 is 1.32 bits per heavy atom. The summed E-state index contributed by atoms with van der Waals surface area (Å²) in [7, 11) is 0. The summed E-state index contributed by atoms with van der Waals surface area (Å²) in [5.41, 5.74) is 0.918. The fourth-order valence-electron chi connectivity index (χ4n) is 3.25. The van der Waals surface area contributed by atoms with Crippen molar-refractivity contribution >= 4 is 29.3 Å². The van der Waals surface area contributed by atoms with E-state index in [4.69, 9.17) is 4.74 Å². The summed E-state index contributed by atoms with van der Waals surface area (Å²) >= 11 is 0. The minimum atomic E-state index is -0.650. The first-order valence-corrected chi connectivity index (χ1v) is 8.26. The van der Waals surface area contributed by atoms with Gasteiger partial charge in [0.25, 0.3) is 11.7 Å². The molecule has 3 rings (SSSR count). The van der Waals surface area contributed by atoms with Gasteiger partial charge in [-0.3, -0.25) is 24.1 Å². The van der Waals surface area contributed by atoms with Crippen LogP contribution in [0.25, 0.3) is 0 Å². The predicted octanol–water partition coefficient (Wildman–Crippen LogP) is -1.49. The molecule has 0 spiro atoms. The maximum atomic E-state index is 12.3. The third-order valence-electron chi connectivity index (χ3n) is 4.47. The molecular formula is C17H20N3O5+. The Hall–Kier alpha value is -2.74. The lowest BCUT2D eigenvalue weighted by molar-refractivity contribution is -0.916. The number of nitrogens with zero attached hydrogens (tertiary/aromatic N) is 1. The first kappa shape index (κ1) is 17.1. The van der Waals surface area contributed by atoms with Crippen LogP contribution in [-0.2, 0) is 19.1 Å². The predicted molar refractivity (Wildman–Crippen MR) is 87.0 cm³/mol. The number of benzene rings is 1. The molecule has 1 fully saturated rings. The van der Waals surface area contributed by atoms with Gasteiger partial charge in [-0.15, -0.1) is 0 Å². The first-order valence-electron chi connectivity index (χ1n) is 8.26. The van der Waals surface area contributed by atoms with E-state index in [2.05, 4.69) is 5.32 Å². The normalized spacial score (nSPS) is 22.6. The Morgan fingerprint density at radius 3 is 2.84 bits per heavy atom. The number of quaternary nitrogens is 1. The third kappa shape index (κ3) is 3.25. The van der Waals surface area contributed by atoms with Crippen LogP contribution in [0.15, 0.2) is 24.3 Å². The Labute approximate surface area is 144 Å². The molecule has 2 amide bonds. The van der Waals surface area contributed by atoms with Gasteiger partial charge in [0.05, 0.1) is 30.9 Å². The molecule has 0 bridgehead atoms. The number of hydrogen-bond donors (Lipinski definition) is 2. The Kier molecular flexibility index (Phi) is 4.80. The van der Waals surface area contributed by atoms with Gasteiger partial charge < -0.3 is 15.0 Å². The minimum Gasteiger partial charge on any atom is -0.466 e. The molecule has 0 radical (unpaired) electrons. The molecule has 25 heavy (non-hydrogen) atoms. The number of ether oxygens (including phenoxy) is 1. The van der Waals surface area contributed by atoms with Crippen LogP contribution in [0, 0.1) is 0 Å². The topological polar surface area (TPSA) is 97.2 Å². The maximum Gasteiger partial charge on any atom is 0.312 e. The van der Waals surface area contributed by atoms with Crippen LogP contribution >= 0.6 is 0 Å². The summed E-state index contributed by atoms with van der Waals surface area (Å²) in [6, 6.07) is 6.14. The SMILES string of the molecule is CCOC(=O)C[C@H]1C(=O)NCC[NH+]1CN1C(=O)C(=O)c2ccccc21. The molecule has 1 unspecified atom stereocenters. The van der Waals surface area contributed by atoms with Crippen molar-refractivity contribution in [3.05, 3.63) is 29.8 Å². The van der Waals surface area contributed by atoms with Gasteiger partial charge in [0.2, 0.25) is 0 Å². The molecule has 0 saturated carbocycles. The first-order chi connectivity index (χ1) is 12.0. The zero-order valence-corrected chi connectivity index (χ0v) is 13.9. The standard InChI is InChI=1S/C17H19N3O5/c1-2-25-14(21)9-13-16(23)18-7-8-19(13)10-20-12-6-4-3-5-11(12)15(22)17(20)24/h3-6,13H,2,7-10H2,1H3,(H,18,23)/p+1/t13-/m0/s1. The molecule has 8 nitrogen and oxygen atoms in total. The molecule has 1 saturated heterocycles. The number of para-hydroxylation sites is 1. The van der Waals surface area contributed by atoms with Crippen molar-refractivity contribution in [1.82, 2.24) is 5.32 Å². The number of carbonyl (C=O) groups excluding carboxylic acids is 4. The lowest BCUT2D eigenvalue weighted by Crippen LogP contribution is -3.20. The van der Waals surface area contributed by atoms with E-state index in [0.29, 0.717) is 24.3 Å². The molecule has 2 N–H and O–H groups in total. The van der Waals surface area contributed by atoms with E-state index < -0.39 is 23.7 Å². The highest BCUT2D eigenvalue weighted by Crippen LogP contribution is 2.27. The summed E-state index contributed by atoms with van der Waals surface area (Å²) in [6.45, 7) is 3.10. The fraction of sp³-hybridized carbons (Fsp3) is 0.412. The summed E-state index contributed by atoms with van der Waals surface area (Å²) in [4.78, 5) is 50.6. The molecular weight excluding hydrogens is 326 g/mol. The summed E-state index contributed by atoms with van der Waals surface area (Å²) < 4.78 is 4.94. The number of ketones is 1. The molecule has 2 heterocycles. The van der Waals surface area contributed by atoms with Crippen molar-refractivity contribution in [2.75, 3.05) is 31.3 Å². The number of hydrogen-bond acceptors (Lipinski definition) is 5. The molecule has 1 aromatic rings. The fourth-order valence-corrected chi connectivity index (χ4v) is 3.25. The summed E-state index contributed by atoms with van der Waals surface area (Å²) in [6.07, 6.45) is -0.0629. The lowest BCUT2D eigenvalue weighted by atomic mass is 10.1. The zero-order chi connectivity index (χ0) is 18.0. The van der Waals surface area contributed by atoms with Gasteiger partial charge in [0.1, 0.15) is 6.42 Å². The van der Waals surface area contributed by atoms with E-state index in [-0.39, 0.29) is 25.6 Å². The second-order valence-electron chi connectivity index (χ2n) is 6.00.